The first-order chi connectivity index (χ1) is 10.0. The molecule has 1 nitrogen and oxygen atoms in total. The molecule has 0 heterocycles. The molecule has 0 radical (unpaired) electrons. The minimum absolute atomic E-state index is 0.192. The van der Waals surface area contributed by atoms with Gasteiger partial charge in [0.2, 0.25) is 0 Å². The van der Waals surface area contributed by atoms with E-state index >= 15 is 0 Å². The van der Waals surface area contributed by atoms with Crippen LogP contribution in [-0.2, 0) is 5.41 Å². The van der Waals surface area contributed by atoms with Crippen LogP contribution in [-0.4, -0.2) is 6.54 Å². The molecule has 2 rings (SSSR count). The maximum Gasteiger partial charge on any atom is 0.0538 e. The Balaban J connectivity index is 2.39. The predicted octanol–water partition coefficient (Wildman–Crippen LogP) is 5.53. The van der Waals surface area contributed by atoms with Gasteiger partial charge >= 0.3 is 0 Å². The highest BCUT2D eigenvalue weighted by molar-refractivity contribution is 5.39. The maximum atomic E-state index is 3.80. The van der Waals surface area contributed by atoms with Crippen LogP contribution >= 0.6 is 0 Å². The van der Waals surface area contributed by atoms with Crippen LogP contribution in [0, 0.1) is 0 Å². The lowest BCUT2D eigenvalue weighted by molar-refractivity contribution is 0.522. The molecule has 0 spiro atoms. The summed E-state index contributed by atoms with van der Waals surface area (Å²) in [6, 6.07) is 9.40. The Hall–Kier alpha value is -1.08. The molecule has 0 saturated carbocycles. The minimum atomic E-state index is 0.192. The number of hydrogen-bond donors (Lipinski definition) is 1. The summed E-state index contributed by atoms with van der Waals surface area (Å²) in [5, 5.41) is 3.80. The Bertz CT molecular complexity index is 479. The average Bonchev–Trinajstić information content (AvgIpc) is 2.48. The number of hydrogen-bond acceptors (Lipinski definition) is 1. The van der Waals surface area contributed by atoms with Crippen molar-refractivity contribution in [1.82, 2.24) is 5.32 Å². The topological polar surface area (TPSA) is 12.0 Å². The van der Waals surface area contributed by atoms with E-state index in [-0.39, 0.29) is 5.41 Å². The van der Waals surface area contributed by atoms with Crippen molar-refractivity contribution in [2.45, 2.75) is 71.3 Å². The quantitative estimate of drug-likeness (QED) is 0.702. The third kappa shape index (κ3) is 4.20. The van der Waals surface area contributed by atoms with E-state index < -0.39 is 0 Å². The molecule has 1 unspecified atom stereocenters. The zero-order chi connectivity index (χ0) is 15.3. The summed E-state index contributed by atoms with van der Waals surface area (Å²) in [6.45, 7) is 10.3. The summed E-state index contributed by atoms with van der Waals surface area (Å²) < 4.78 is 0. The largest absolute Gasteiger partial charge is 0.307 e. The van der Waals surface area contributed by atoms with Gasteiger partial charge in [-0.25, -0.2) is 0 Å². The molecule has 0 fully saturated rings. The van der Waals surface area contributed by atoms with Crippen molar-refractivity contribution in [2.24, 2.45) is 0 Å². The van der Waals surface area contributed by atoms with Crippen LogP contribution < -0.4 is 5.32 Å². The van der Waals surface area contributed by atoms with Gasteiger partial charge in [-0.2, -0.15) is 0 Å². The molecular weight excluding hydrogens is 254 g/mol. The van der Waals surface area contributed by atoms with E-state index in [4.69, 9.17) is 0 Å². The van der Waals surface area contributed by atoms with Crippen molar-refractivity contribution >= 4 is 0 Å². The molecule has 1 N–H and O–H groups in total. The number of allylic oxidation sites excluding steroid dienone is 1. The molecule has 1 aliphatic rings. The van der Waals surface area contributed by atoms with Crippen LogP contribution in [0.15, 0.2) is 35.9 Å². The molecular formula is C20H31N. The second-order valence-corrected chi connectivity index (χ2v) is 7.25. The standard InChI is InChI=1S/C20H31N/c1-5-15-21-19(16-11-7-6-8-12-16)17-13-9-10-14-18(17)20(2,3)4/h9-11,13-14,19,21H,5-8,12,15H2,1-4H3. The normalized spacial score (nSPS) is 17.4. The lowest BCUT2D eigenvalue weighted by Gasteiger charge is -2.31. The van der Waals surface area contributed by atoms with Crippen molar-refractivity contribution in [3.8, 4) is 0 Å². The van der Waals surface area contributed by atoms with E-state index in [1.807, 2.05) is 0 Å². The zero-order valence-corrected chi connectivity index (χ0v) is 14.2. The maximum absolute atomic E-state index is 3.80. The Morgan fingerprint density at radius 1 is 1.14 bits per heavy atom. The predicted molar refractivity (Wildman–Crippen MR) is 92.7 cm³/mol. The molecule has 1 aromatic carbocycles. The van der Waals surface area contributed by atoms with Gasteiger partial charge in [0.25, 0.3) is 0 Å². The summed E-state index contributed by atoms with van der Waals surface area (Å²) in [6.07, 6.45) is 8.85. The smallest absolute Gasteiger partial charge is 0.0538 e. The van der Waals surface area contributed by atoms with Crippen LogP contribution in [0.4, 0.5) is 0 Å². The minimum Gasteiger partial charge on any atom is -0.307 e. The van der Waals surface area contributed by atoms with Crippen molar-refractivity contribution in [3.63, 3.8) is 0 Å². The highest BCUT2D eigenvalue weighted by atomic mass is 14.9. The van der Waals surface area contributed by atoms with E-state index in [0.717, 1.165) is 6.54 Å². The molecule has 1 aliphatic carbocycles. The van der Waals surface area contributed by atoms with Gasteiger partial charge in [-0.1, -0.05) is 63.6 Å². The molecule has 1 heteroatoms. The second-order valence-electron chi connectivity index (χ2n) is 7.25. The van der Waals surface area contributed by atoms with E-state index in [1.165, 1.54) is 43.2 Å². The molecule has 0 aromatic heterocycles. The Morgan fingerprint density at radius 3 is 2.52 bits per heavy atom. The first-order valence-electron chi connectivity index (χ1n) is 8.55. The van der Waals surface area contributed by atoms with E-state index in [9.17, 15) is 0 Å². The summed E-state index contributed by atoms with van der Waals surface area (Å²) in [5.74, 6) is 0. The Morgan fingerprint density at radius 2 is 1.90 bits per heavy atom. The fraction of sp³-hybridized carbons (Fsp3) is 0.600. The molecule has 0 saturated heterocycles. The highest BCUT2D eigenvalue weighted by Crippen LogP contribution is 2.35. The molecule has 21 heavy (non-hydrogen) atoms. The van der Waals surface area contributed by atoms with Gasteiger partial charge in [0.1, 0.15) is 0 Å². The van der Waals surface area contributed by atoms with E-state index in [2.05, 4.69) is 63.4 Å². The van der Waals surface area contributed by atoms with Gasteiger partial charge in [-0.15, -0.1) is 0 Å². The summed E-state index contributed by atoms with van der Waals surface area (Å²) >= 11 is 0. The monoisotopic (exact) mass is 285 g/mol. The van der Waals surface area contributed by atoms with Gasteiger partial charge in [0.15, 0.2) is 0 Å². The molecule has 0 amide bonds. The first kappa shape index (κ1) is 16.3. The summed E-state index contributed by atoms with van der Waals surface area (Å²) in [4.78, 5) is 0. The fourth-order valence-electron chi connectivity index (χ4n) is 3.29. The fourth-order valence-corrected chi connectivity index (χ4v) is 3.29. The van der Waals surface area contributed by atoms with E-state index in [0.29, 0.717) is 6.04 Å². The Kier molecular flexibility index (Phi) is 5.64. The summed E-state index contributed by atoms with van der Waals surface area (Å²) in [7, 11) is 0. The van der Waals surface area contributed by atoms with Crippen LogP contribution in [0.1, 0.15) is 77.0 Å². The van der Waals surface area contributed by atoms with Crippen molar-refractivity contribution < 1.29 is 0 Å². The highest BCUT2D eigenvalue weighted by Gasteiger charge is 2.24. The average molecular weight is 285 g/mol. The molecule has 116 valence electrons. The lowest BCUT2D eigenvalue weighted by Crippen LogP contribution is -2.28. The van der Waals surface area contributed by atoms with Crippen LogP contribution in [0.5, 0.6) is 0 Å². The van der Waals surface area contributed by atoms with Crippen molar-refractivity contribution in [1.29, 1.82) is 0 Å². The Labute approximate surface area is 130 Å². The van der Waals surface area contributed by atoms with Crippen LogP contribution in [0.2, 0.25) is 0 Å². The zero-order valence-electron chi connectivity index (χ0n) is 14.2. The third-order valence-corrected chi connectivity index (χ3v) is 4.38. The molecule has 0 aliphatic heterocycles. The van der Waals surface area contributed by atoms with Gasteiger partial charge in [0.05, 0.1) is 6.04 Å². The first-order valence-corrected chi connectivity index (χ1v) is 8.55. The SMILES string of the molecule is CCCNC(C1=CCCCC1)c1ccccc1C(C)(C)C. The third-order valence-electron chi connectivity index (χ3n) is 4.38. The molecule has 1 aromatic rings. The number of nitrogens with one attached hydrogen (secondary N) is 1. The van der Waals surface area contributed by atoms with E-state index in [1.54, 1.807) is 5.57 Å². The molecule has 1 atom stereocenters. The van der Waals surface area contributed by atoms with Crippen molar-refractivity contribution in [2.75, 3.05) is 6.54 Å². The number of benzene rings is 1. The van der Waals surface area contributed by atoms with Gasteiger partial charge in [-0.05, 0) is 55.2 Å². The molecule has 0 bridgehead atoms. The van der Waals surface area contributed by atoms with Gasteiger partial charge in [-0.3, -0.25) is 0 Å². The van der Waals surface area contributed by atoms with Crippen LogP contribution in [0.25, 0.3) is 0 Å². The number of rotatable bonds is 5. The lowest BCUT2D eigenvalue weighted by atomic mass is 9.79. The van der Waals surface area contributed by atoms with Crippen molar-refractivity contribution in [3.05, 3.63) is 47.0 Å². The van der Waals surface area contributed by atoms with Crippen LogP contribution in [0.3, 0.4) is 0 Å². The second kappa shape index (κ2) is 7.26. The van der Waals surface area contributed by atoms with Gasteiger partial charge in [0, 0.05) is 0 Å². The summed E-state index contributed by atoms with van der Waals surface area (Å²) in [5.41, 5.74) is 4.75. The van der Waals surface area contributed by atoms with Gasteiger partial charge < -0.3 is 5.32 Å².